The summed E-state index contributed by atoms with van der Waals surface area (Å²) in [6.45, 7) is 2.30. The molecule has 3 N–H and O–H groups in total. The van der Waals surface area contributed by atoms with Gasteiger partial charge in [-0.3, -0.25) is 19.1 Å². The topological polar surface area (TPSA) is 129 Å². The van der Waals surface area contributed by atoms with Crippen molar-refractivity contribution in [2.24, 2.45) is 0 Å². The van der Waals surface area contributed by atoms with Gasteiger partial charge in [-0.05, 0) is 18.6 Å². The number of nitrogens with zero attached hydrogens (tertiary/aromatic N) is 2. The molecule has 1 aromatic carbocycles. The van der Waals surface area contributed by atoms with Crippen molar-refractivity contribution in [3.63, 3.8) is 0 Å². The van der Waals surface area contributed by atoms with Crippen molar-refractivity contribution in [2.75, 3.05) is 39.0 Å². The Kier molecular flexibility index (Phi) is 6.92. The molecule has 10 heteroatoms. The number of H-pyrrole nitrogens is 1. The molecule has 158 valence electrons. The summed E-state index contributed by atoms with van der Waals surface area (Å²) in [5, 5.41) is 0. The standard InChI is InChI=1S/C19H26N4O6/c1-6-7-8-23-16(20)14(17(24)21-19(23)26)22(2)18(25)11-9-12(27-3)15(29-5)13(10-11)28-4/h9-10H,6-8,20H2,1-5H3,(H,21,24,26). The van der Waals surface area contributed by atoms with Crippen molar-refractivity contribution in [2.45, 2.75) is 26.3 Å². The fourth-order valence-electron chi connectivity index (χ4n) is 2.94. The molecule has 0 saturated carbocycles. The minimum Gasteiger partial charge on any atom is -0.493 e. The molecule has 0 bridgehead atoms. The Morgan fingerprint density at radius 3 is 2.21 bits per heavy atom. The minimum absolute atomic E-state index is 0.0736. The van der Waals surface area contributed by atoms with E-state index in [0.717, 1.165) is 11.3 Å². The van der Waals surface area contributed by atoms with Crippen LogP contribution >= 0.6 is 0 Å². The Bertz CT molecular complexity index is 986. The van der Waals surface area contributed by atoms with Crippen LogP contribution in [0.15, 0.2) is 21.7 Å². The molecule has 1 aromatic heterocycles. The number of nitrogens with two attached hydrogens (primary N) is 1. The van der Waals surface area contributed by atoms with Crippen molar-refractivity contribution < 1.29 is 19.0 Å². The van der Waals surface area contributed by atoms with E-state index >= 15 is 0 Å². The lowest BCUT2D eigenvalue weighted by Crippen LogP contribution is -2.39. The Morgan fingerprint density at radius 2 is 1.72 bits per heavy atom. The van der Waals surface area contributed by atoms with E-state index in [1.807, 2.05) is 6.92 Å². The molecule has 1 heterocycles. The molecule has 0 unspecified atom stereocenters. The van der Waals surface area contributed by atoms with Gasteiger partial charge in [-0.25, -0.2) is 4.79 Å². The maximum atomic E-state index is 13.1. The molecular weight excluding hydrogens is 380 g/mol. The van der Waals surface area contributed by atoms with Crippen LogP contribution in [0.25, 0.3) is 0 Å². The van der Waals surface area contributed by atoms with E-state index in [2.05, 4.69) is 4.98 Å². The summed E-state index contributed by atoms with van der Waals surface area (Å²) in [5.74, 6) is 0.300. The Balaban J connectivity index is 2.56. The van der Waals surface area contributed by atoms with Gasteiger partial charge in [0, 0.05) is 19.2 Å². The monoisotopic (exact) mass is 406 g/mol. The third-order valence-electron chi connectivity index (χ3n) is 4.50. The van der Waals surface area contributed by atoms with Gasteiger partial charge in [0.05, 0.1) is 21.3 Å². The van der Waals surface area contributed by atoms with Crippen LogP contribution in [0.4, 0.5) is 11.5 Å². The third kappa shape index (κ3) is 4.20. The van der Waals surface area contributed by atoms with Crippen LogP contribution in [0.2, 0.25) is 0 Å². The first-order valence-corrected chi connectivity index (χ1v) is 9.01. The Morgan fingerprint density at radius 1 is 1.14 bits per heavy atom. The van der Waals surface area contributed by atoms with E-state index in [-0.39, 0.29) is 17.1 Å². The number of ether oxygens (including phenoxy) is 3. The predicted octanol–water partition coefficient (Wildman–Crippen LogP) is 1.22. The zero-order valence-electron chi connectivity index (χ0n) is 17.2. The molecule has 0 radical (unpaired) electrons. The fraction of sp³-hybridized carbons (Fsp3) is 0.421. The first-order chi connectivity index (χ1) is 13.8. The number of benzene rings is 1. The first-order valence-electron chi connectivity index (χ1n) is 9.01. The quantitative estimate of drug-likeness (QED) is 0.674. The zero-order valence-corrected chi connectivity index (χ0v) is 17.2. The Labute approximate surface area is 167 Å². The number of carbonyl (C=O) groups is 1. The second-order valence-corrected chi connectivity index (χ2v) is 6.28. The van der Waals surface area contributed by atoms with E-state index < -0.39 is 17.2 Å². The highest BCUT2D eigenvalue weighted by molar-refractivity contribution is 6.07. The van der Waals surface area contributed by atoms with E-state index in [0.29, 0.717) is 30.2 Å². The molecule has 0 atom stereocenters. The molecule has 2 rings (SSSR count). The van der Waals surface area contributed by atoms with Crippen molar-refractivity contribution in [3.8, 4) is 17.2 Å². The van der Waals surface area contributed by atoms with Crippen LogP contribution < -0.4 is 36.1 Å². The van der Waals surface area contributed by atoms with Crippen LogP contribution in [0, 0.1) is 0 Å². The molecule has 10 nitrogen and oxygen atoms in total. The second kappa shape index (κ2) is 9.18. The summed E-state index contributed by atoms with van der Waals surface area (Å²) in [6, 6.07) is 2.94. The first kappa shape index (κ1) is 21.9. The van der Waals surface area contributed by atoms with Crippen molar-refractivity contribution in [1.29, 1.82) is 0 Å². The van der Waals surface area contributed by atoms with Crippen molar-refractivity contribution in [3.05, 3.63) is 38.5 Å². The number of nitrogen functional groups attached to an aromatic ring is 1. The summed E-state index contributed by atoms with van der Waals surface area (Å²) >= 11 is 0. The van der Waals surface area contributed by atoms with E-state index in [1.165, 1.54) is 45.1 Å². The lowest BCUT2D eigenvalue weighted by molar-refractivity contribution is 0.0992. The normalized spacial score (nSPS) is 10.5. The van der Waals surface area contributed by atoms with Gasteiger partial charge in [0.2, 0.25) is 5.75 Å². The number of hydrogen-bond acceptors (Lipinski definition) is 7. The third-order valence-corrected chi connectivity index (χ3v) is 4.50. The van der Waals surface area contributed by atoms with Gasteiger partial charge in [0.15, 0.2) is 17.2 Å². The number of aromatic nitrogens is 2. The average molecular weight is 406 g/mol. The SMILES string of the molecule is CCCCn1c(N)c(N(C)C(=O)c2cc(OC)c(OC)c(OC)c2)c(=O)[nH]c1=O. The molecule has 29 heavy (non-hydrogen) atoms. The number of hydrogen-bond donors (Lipinski definition) is 2. The van der Waals surface area contributed by atoms with E-state index in [1.54, 1.807) is 0 Å². The van der Waals surface area contributed by atoms with Gasteiger partial charge in [0.25, 0.3) is 11.5 Å². The van der Waals surface area contributed by atoms with Gasteiger partial charge < -0.3 is 24.8 Å². The number of aromatic amines is 1. The van der Waals surface area contributed by atoms with Gasteiger partial charge in [-0.1, -0.05) is 13.3 Å². The largest absolute Gasteiger partial charge is 0.493 e. The molecule has 0 fully saturated rings. The molecule has 0 saturated heterocycles. The van der Waals surface area contributed by atoms with Crippen LogP contribution in [0.1, 0.15) is 30.1 Å². The maximum Gasteiger partial charge on any atom is 0.330 e. The number of anilines is 2. The van der Waals surface area contributed by atoms with Gasteiger partial charge in [0.1, 0.15) is 5.82 Å². The molecule has 1 amide bonds. The predicted molar refractivity (Wildman–Crippen MR) is 109 cm³/mol. The summed E-state index contributed by atoms with van der Waals surface area (Å²) in [7, 11) is 5.72. The number of amides is 1. The van der Waals surface area contributed by atoms with Crippen LogP contribution in [-0.4, -0.2) is 43.8 Å². The van der Waals surface area contributed by atoms with E-state index in [9.17, 15) is 14.4 Å². The lowest BCUT2D eigenvalue weighted by Gasteiger charge is -2.21. The van der Waals surface area contributed by atoms with Crippen molar-refractivity contribution in [1.82, 2.24) is 9.55 Å². The highest BCUT2D eigenvalue weighted by Gasteiger charge is 2.24. The van der Waals surface area contributed by atoms with E-state index in [4.69, 9.17) is 19.9 Å². The second-order valence-electron chi connectivity index (χ2n) is 6.28. The number of rotatable bonds is 8. The van der Waals surface area contributed by atoms with Gasteiger partial charge >= 0.3 is 5.69 Å². The highest BCUT2D eigenvalue weighted by Crippen LogP contribution is 2.38. The summed E-state index contributed by atoms with van der Waals surface area (Å²) < 4.78 is 17.0. The lowest BCUT2D eigenvalue weighted by atomic mass is 10.1. The average Bonchev–Trinajstić information content (AvgIpc) is 2.71. The van der Waals surface area contributed by atoms with Crippen molar-refractivity contribution >= 4 is 17.4 Å². The van der Waals surface area contributed by atoms with Crippen LogP contribution in [0.3, 0.4) is 0 Å². The molecule has 0 aliphatic carbocycles. The summed E-state index contributed by atoms with van der Waals surface area (Å²) in [6.07, 6.45) is 1.53. The van der Waals surface area contributed by atoms with Crippen LogP contribution in [0.5, 0.6) is 17.2 Å². The highest BCUT2D eigenvalue weighted by atomic mass is 16.5. The zero-order chi connectivity index (χ0) is 21.7. The minimum atomic E-state index is -0.747. The summed E-state index contributed by atoms with van der Waals surface area (Å²) in [4.78, 5) is 40.9. The van der Waals surface area contributed by atoms with Gasteiger partial charge in [-0.15, -0.1) is 0 Å². The molecule has 0 spiro atoms. The molecule has 2 aromatic rings. The number of carbonyl (C=O) groups excluding carboxylic acids is 1. The van der Waals surface area contributed by atoms with Crippen LogP contribution in [-0.2, 0) is 6.54 Å². The molecular formula is C19H26N4O6. The Hall–Kier alpha value is -3.43. The number of nitrogens with one attached hydrogen (secondary N) is 1. The molecule has 0 aliphatic heterocycles. The number of unbranched alkanes of at least 4 members (excludes halogenated alkanes) is 1. The maximum absolute atomic E-state index is 13.1. The number of methoxy groups -OCH3 is 3. The van der Waals surface area contributed by atoms with Gasteiger partial charge in [-0.2, -0.15) is 0 Å². The smallest absolute Gasteiger partial charge is 0.330 e. The fourth-order valence-corrected chi connectivity index (χ4v) is 2.94. The molecule has 0 aliphatic rings. The summed E-state index contributed by atoms with van der Waals surface area (Å²) in [5.41, 5.74) is 4.80.